The van der Waals surface area contributed by atoms with Crippen LogP contribution in [0.5, 0.6) is 0 Å². The van der Waals surface area contributed by atoms with Gasteiger partial charge in [0.15, 0.2) is 0 Å². The number of carbonyl (C=O) groups excluding carboxylic acids is 1. The Labute approximate surface area is 117 Å². The van der Waals surface area contributed by atoms with Crippen molar-refractivity contribution in [3.63, 3.8) is 0 Å². The minimum atomic E-state index is 0.0957. The van der Waals surface area contributed by atoms with E-state index in [0.29, 0.717) is 13.0 Å². The van der Waals surface area contributed by atoms with Crippen LogP contribution in [0.3, 0.4) is 0 Å². The predicted molar refractivity (Wildman–Crippen MR) is 79.8 cm³/mol. The number of aryl methyl sites for hydroxylation is 2. The van der Waals surface area contributed by atoms with Gasteiger partial charge in [-0.15, -0.1) is 0 Å². The van der Waals surface area contributed by atoms with Crippen molar-refractivity contribution in [2.75, 3.05) is 11.4 Å². The largest absolute Gasteiger partial charge is 0.297 e. The van der Waals surface area contributed by atoms with Gasteiger partial charge in [-0.1, -0.05) is 0 Å². The number of carbonyl (C=O) groups is 1. The number of hydrogen-bond donors (Lipinski definition) is 0. The van der Waals surface area contributed by atoms with E-state index in [-0.39, 0.29) is 5.91 Å². The zero-order valence-corrected chi connectivity index (χ0v) is 12.3. The molecule has 0 saturated heterocycles. The first-order valence-corrected chi connectivity index (χ1v) is 7.31. The molecule has 19 heavy (non-hydrogen) atoms. The van der Waals surface area contributed by atoms with E-state index in [4.69, 9.17) is 0 Å². The van der Waals surface area contributed by atoms with Crippen molar-refractivity contribution in [2.24, 2.45) is 0 Å². The van der Waals surface area contributed by atoms with Gasteiger partial charge in [0.05, 0.1) is 6.42 Å². The number of anilines is 1. The van der Waals surface area contributed by atoms with Crippen LogP contribution in [0, 0.1) is 13.8 Å². The molecule has 0 bridgehead atoms. The van der Waals surface area contributed by atoms with Crippen LogP contribution in [0.4, 0.5) is 5.82 Å². The Morgan fingerprint density at radius 3 is 2.74 bits per heavy atom. The molecule has 0 spiro atoms. The normalized spacial score (nSPS) is 10.5. The first kappa shape index (κ1) is 13.7. The molecular formula is C15H18N2OS. The maximum Gasteiger partial charge on any atom is 0.232 e. The van der Waals surface area contributed by atoms with Crippen molar-refractivity contribution in [1.82, 2.24) is 4.98 Å². The molecule has 100 valence electrons. The summed E-state index contributed by atoms with van der Waals surface area (Å²) in [5.74, 6) is 0.846. The van der Waals surface area contributed by atoms with Gasteiger partial charge in [-0.05, 0) is 60.9 Å². The standard InChI is InChI=1S/C15H18N2OS/c1-4-17(14-8-11(2)7-12(3)16-14)15(18)9-13-5-6-19-10-13/h5-8,10H,4,9H2,1-3H3. The summed E-state index contributed by atoms with van der Waals surface area (Å²) in [6.45, 7) is 6.59. The van der Waals surface area contributed by atoms with Crippen LogP contribution >= 0.6 is 11.3 Å². The van der Waals surface area contributed by atoms with Crippen LogP contribution in [0.25, 0.3) is 0 Å². The first-order chi connectivity index (χ1) is 9.10. The number of likely N-dealkylation sites (N-methyl/N-ethyl adjacent to an activating group) is 1. The molecule has 0 saturated carbocycles. The molecule has 0 atom stereocenters. The minimum Gasteiger partial charge on any atom is -0.297 e. The topological polar surface area (TPSA) is 33.2 Å². The Kier molecular flexibility index (Phi) is 4.32. The fourth-order valence-electron chi connectivity index (χ4n) is 2.09. The number of amides is 1. The maximum absolute atomic E-state index is 12.4. The molecule has 2 aromatic heterocycles. The van der Waals surface area contributed by atoms with Crippen LogP contribution in [-0.2, 0) is 11.2 Å². The average Bonchev–Trinajstić information content (AvgIpc) is 2.81. The summed E-state index contributed by atoms with van der Waals surface area (Å²) in [7, 11) is 0. The summed E-state index contributed by atoms with van der Waals surface area (Å²) in [5, 5.41) is 4.01. The number of pyridine rings is 1. The molecule has 1 amide bonds. The molecule has 0 aromatic carbocycles. The maximum atomic E-state index is 12.4. The highest BCUT2D eigenvalue weighted by Crippen LogP contribution is 2.16. The highest BCUT2D eigenvalue weighted by Gasteiger charge is 2.16. The molecule has 2 rings (SSSR count). The third kappa shape index (κ3) is 3.41. The highest BCUT2D eigenvalue weighted by molar-refractivity contribution is 7.08. The van der Waals surface area contributed by atoms with E-state index >= 15 is 0 Å². The fraction of sp³-hybridized carbons (Fsp3) is 0.333. The molecular weight excluding hydrogens is 256 g/mol. The van der Waals surface area contributed by atoms with Crippen LogP contribution in [0.2, 0.25) is 0 Å². The zero-order valence-electron chi connectivity index (χ0n) is 11.5. The van der Waals surface area contributed by atoms with E-state index in [1.807, 2.05) is 49.7 Å². The van der Waals surface area contributed by atoms with Crippen LogP contribution < -0.4 is 4.90 Å². The van der Waals surface area contributed by atoms with E-state index in [0.717, 1.165) is 22.6 Å². The summed E-state index contributed by atoms with van der Waals surface area (Å²) in [6, 6.07) is 5.97. The van der Waals surface area contributed by atoms with Gasteiger partial charge in [0.25, 0.3) is 0 Å². The van der Waals surface area contributed by atoms with Crippen molar-refractivity contribution in [3.05, 3.63) is 45.8 Å². The highest BCUT2D eigenvalue weighted by atomic mass is 32.1. The van der Waals surface area contributed by atoms with Crippen molar-refractivity contribution in [2.45, 2.75) is 27.2 Å². The minimum absolute atomic E-state index is 0.0957. The smallest absolute Gasteiger partial charge is 0.232 e. The first-order valence-electron chi connectivity index (χ1n) is 6.37. The van der Waals surface area contributed by atoms with Crippen LogP contribution in [-0.4, -0.2) is 17.4 Å². The molecule has 2 heterocycles. The summed E-state index contributed by atoms with van der Waals surface area (Å²) in [4.78, 5) is 18.6. The van der Waals surface area contributed by atoms with Gasteiger partial charge in [0.1, 0.15) is 5.82 Å². The van der Waals surface area contributed by atoms with E-state index in [2.05, 4.69) is 4.98 Å². The zero-order chi connectivity index (χ0) is 13.8. The van der Waals surface area contributed by atoms with Gasteiger partial charge in [-0.25, -0.2) is 4.98 Å². The molecule has 0 radical (unpaired) electrons. The summed E-state index contributed by atoms with van der Waals surface area (Å²) in [5.41, 5.74) is 3.14. The van der Waals surface area contributed by atoms with Gasteiger partial charge in [-0.3, -0.25) is 9.69 Å². The Bertz CT molecular complexity index is 543. The molecule has 0 aliphatic rings. The second-order valence-corrected chi connectivity index (χ2v) is 5.37. The lowest BCUT2D eigenvalue weighted by Crippen LogP contribution is -2.32. The average molecular weight is 274 g/mol. The number of nitrogens with zero attached hydrogens (tertiary/aromatic N) is 2. The summed E-state index contributed by atoms with van der Waals surface area (Å²) in [6.07, 6.45) is 0.437. The van der Waals surface area contributed by atoms with Crippen molar-refractivity contribution in [1.29, 1.82) is 0 Å². The number of aromatic nitrogens is 1. The van der Waals surface area contributed by atoms with Gasteiger partial charge in [-0.2, -0.15) is 11.3 Å². The van der Waals surface area contributed by atoms with Gasteiger partial charge in [0.2, 0.25) is 5.91 Å². The quantitative estimate of drug-likeness (QED) is 0.856. The Balaban J connectivity index is 2.21. The lowest BCUT2D eigenvalue weighted by atomic mass is 10.2. The second-order valence-electron chi connectivity index (χ2n) is 4.59. The molecule has 0 aliphatic carbocycles. The number of thiophene rings is 1. The van der Waals surface area contributed by atoms with Gasteiger partial charge in [0, 0.05) is 12.2 Å². The van der Waals surface area contributed by atoms with Crippen LogP contribution in [0.1, 0.15) is 23.7 Å². The van der Waals surface area contributed by atoms with Crippen LogP contribution in [0.15, 0.2) is 29.0 Å². The SMILES string of the molecule is CCN(C(=O)Cc1ccsc1)c1cc(C)cc(C)n1. The lowest BCUT2D eigenvalue weighted by molar-refractivity contribution is -0.118. The fourth-order valence-corrected chi connectivity index (χ4v) is 2.76. The molecule has 0 fully saturated rings. The predicted octanol–water partition coefficient (Wildman–Crippen LogP) is 3.36. The summed E-state index contributed by atoms with van der Waals surface area (Å²) < 4.78 is 0. The molecule has 0 N–H and O–H groups in total. The third-order valence-corrected chi connectivity index (χ3v) is 3.65. The second kappa shape index (κ2) is 5.97. The molecule has 0 aliphatic heterocycles. The van der Waals surface area contributed by atoms with E-state index in [9.17, 15) is 4.79 Å². The summed E-state index contributed by atoms with van der Waals surface area (Å²) >= 11 is 1.62. The van der Waals surface area contributed by atoms with Crippen molar-refractivity contribution >= 4 is 23.1 Å². The third-order valence-electron chi connectivity index (χ3n) is 2.91. The molecule has 0 unspecified atom stereocenters. The van der Waals surface area contributed by atoms with Crippen molar-refractivity contribution in [3.8, 4) is 0 Å². The Hall–Kier alpha value is -1.68. The van der Waals surface area contributed by atoms with E-state index in [1.165, 1.54) is 0 Å². The Morgan fingerprint density at radius 1 is 1.37 bits per heavy atom. The van der Waals surface area contributed by atoms with E-state index < -0.39 is 0 Å². The monoisotopic (exact) mass is 274 g/mol. The number of rotatable bonds is 4. The lowest BCUT2D eigenvalue weighted by Gasteiger charge is -2.20. The molecule has 3 nitrogen and oxygen atoms in total. The Morgan fingerprint density at radius 2 is 2.16 bits per heavy atom. The number of hydrogen-bond acceptors (Lipinski definition) is 3. The molecule has 2 aromatic rings. The molecule has 4 heteroatoms. The van der Waals surface area contributed by atoms with E-state index in [1.54, 1.807) is 16.2 Å². The van der Waals surface area contributed by atoms with Crippen molar-refractivity contribution < 1.29 is 4.79 Å². The van der Waals surface area contributed by atoms with Gasteiger partial charge >= 0.3 is 0 Å². The van der Waals surface area contributed by atoms with Gasteiger partial charge < -0.3 is 0 Å².